The average molecular weight is 442 g/mol. The summed E-state index contributed by atoms with van der Waals surface area (Å²) in [5, 5.41) is 18.3. The van der Waals surface area contributed by atoms with Gasteiger partial charge in [-0.3, -0.25) is 14.9 Å². The number of carbonyl (C=O) groups is 1. The van der Waals surface area contributed by atoms with Gasteiger partial charge in [0.1, 0.15) is 0 Å². The van der Waals surface area contributed by atoms with Gasteiger partial charge >= 0.3 is 0 Å². The summed E-state index contributed by atoms with van der Waals surface area (Å²) >= 11 is 1.63. The third-order valence-corrected chi connectivity index (χ3v) is 7.51. The molecule has 0 spiro atoms. The van der Waals surface area contributed by atoms with Gasteiger partial charge in [0.2, 0.25) is 5.91 Å². The van der Waals surface area contributed by atoms with Crippen molar-refractivity contribution < 1.29 is 9.72 Å². The summed E-state index contributed by atoms with van der Waals surface area (Å²) in [5.41, 5.74) is 2.31. The van der Waals surface area contributed by atoms with Crippen LogP contribution in [-0.2, 0) is 11.2 Å². The normalized spacial score (nSPS) is 24.0. The Morgan fingerprint density at radius 1 is 1.13 bits per heavy atom. The van der Waals surface area contributed by atoms with Gasteiger partial charge in [-0.15, -0.1) is 0 Å². The lowest BCUT2D eigenvalue weighted by Crippen LogP contribution is -2.44. The van der Waals surface area contributed by atoms with E-state index < -0.39 is 0 Å². The summed E-state index contributed by atoms with van der Waals surface area (Å²) in [6, 6.07) is 9.24. The van der Waals surface area contributed by atoms with E-state index in [1.54, 1.807) is 23.5 Å². The first-order valence-corrected chi connectivity index (χ1v) is 12.3. The van der Waals surface area contributed by atoms with Crippen molar-refractivity contribution in [1.82, 2.24) is 5.32 Å². The fraction of sp³-hybridized carbons (Fsp3) is 0.542. The van der Waals surface area contributed by atoms with E-state index in [9.17, 15) is 14.9 Å². The molecule has 1 aliphatic heterocycles. The third-order valence-electron chi connectivity index (χ3n) is 6.78. The maximum absolute atomic E-state index is 12.6. The molecule has 0 bridgehead atoms. The SMILES string of the molecule is O=C(Cc1ccsc1)N[C@@H]1CCCC[C@H]1C[C@H]1CCCN(c2ccc([N+](=O)[O-])cc2)C1. The number of nitro groups is 1. The fourth-order valence-electron chi connectivity index (χ4n) is 5.22. The number of nitrogens with one attached hydrogen (secondary N) is 1. The number of benzene rings is 1. The van der Waals surface area contributed by atoms with Gasteiger partial charge in [0, 0.05) is 37.0 Å². The van der Waals surface area contributed by atoms with Crippen LogP contribution in [0.4, 0.5) is 11.4 Å². The Labute approximate surface area is 187 Å². The van der Waals surface area contributed by atoms with E-state index in [1.807, 2.05) is 29.0 Å². The molecule has 1 aliphatic carbocycles. The van der Waals surface area contributed by atoms with Gasteiger partial charge < -0.3 is 10.2 Å². The minimum atomic E-state index is -0.349. The molecule has 2 aromatic rings. The van der Waals surface area contributed by atoms with Crippen molar-refractivity contribution >= 4 is 28.6 Å². The molecule has 166 valence electrons. The number of piperidine rings is 1. The highest BCUT2D eigenvalue weighted by atomic mass is 32.1. The van der Waals surface area contributed by atoms with Crippen molar-refractivity contribution in [2.24, 2.45) is 11.8 Å². The highest BCUT2D eigenvalue weighted by molar-refractivity contribution is 7.08. The molecule has 2 fully saturated rings. The van der Waals surface area contributed by atoms with E-state index in [1.165, 1.54) is 25.7 Å². The van der Waals surface area contributed by atoms with Crippen LogP contribution in [0.1, 0.15) is 50.5 Å². The third kappa shape index (κ3) is 5.85. The van der Waals surface area contributed by atoms with Crippen molar-refractivity contribution in [3.05, 3.63) is 56.8 Å². The van der Waals surface area contributed by atoms with Crippen LogP contribution in [0, 0.1) is 22.0 Å². The summed E-state index contributed by atoms with van der Waals surface area (Å²) in [6.45, 7) is 1.99. The van der Waals surface area contributed by atoms with Crippen LogP contribution in [0.2, 0.25) is 0 Å². The van der Waals surface area contributed by atoms with Crippen LogP contribution in [0.5, 0.6) is 0 Å². The molecule has 1 saturated heterocycles. The molecule has 4 rings (SSSR count). The zero-order valence-electron chi connectivity index (χ0n) is 17.9. The molecule has 7 heteroatoms. The summed E-state index contributed by atoms with van der Waals surface area (Å²) < 4.78 is 0. The van der Waals surface area contributed by atoms with E-state index in [4.69, 9.17) is 0 Å². The van der Waals surface area contributed by atoms with Crippen LogP contribution < -0.4 is 10.2 Å². The Bertz CT molecular complexity index is 869. The lowest BCUT2D eigenvalue weighted by atomic mass is 9.77. The molecule has 1 saturated carbocycles. The maximum Gasteiger partial charge on any atom is 0.269 e. The molecule has 1 aromatic heterocycles. The van der Waals surface area contributed by atoms with E-state index >= 15 is 0 Å². The number of anilines is 1. The average Bonchev–Trinajstić information content (AvgIpc) is 3.28. The van der Waals surface area contributed by atoms with E-state index in [2.05, 4.69) is 10.2 Å². The number of rotatable bonds is 7. The minimum absolute atomic E-state index is 0.139. The van der Waals surface area contributed by atoms with Gasteiger partial charge in [0.25, 0.3) is 5.69 Å². The topological polar surface area (TPSA) is 75.5 Å². The lowest BCUT2D eigenvalue weighted by molar-refractivity contribution is -0.384. The Kier molecular flexibility index (Phi) is 7.22. The Morgan fingerprint density at radius 2 is 1.94 bits per heavy atom. The van der Waals surface area contributed by atoms with Gasteiger partial charge in [0.15, 0.2) is 0 Å². The lowest BCUT2D eigenvalue weighted by Gasteiger charge is -2.39. The first-order valence-electron chi connectivity index (χ1n) is 11.4. The summed E-state index contributed by atoms with van der Waals surface area (Å²) in [4.78, 5) is 25.5. The van der Waals surface area contributed by atoms with Crippen molar-refractivity contribution in [2.45, 2.75) is 57.4 Å². The van der Waals surface area contributed by atoms with Gasteiger partial charge in [-0.2, -0.15) is 11.3 Å². The first-order chi connectivity index (χ1) is 15.1. The van der Waals surface area contributed by atoms with E-state index in [0.29, 0.717) is 18.3 Å². The molecule has 0 unspecified atom stereocenters. The monoisotopic (exact) mass is 441 g/mol. The van der Waals surface area contributed by atoms with Gasteiger partial charge in [-0.05, 0) is 78.5 Å². The second-order valence-corrected chi connectivity index (χ2v) is 9.77. The van der Waals surface area contributed by atoms with Gasteiger partial charge in [-0.25, -0.2) is 0 Å². The predicted octanol–water partition coefficient (Wildman–Crippen LogP) is 5.18. The predicted molar refractivity (Wildman–Crippen MR) is 125 cm³/mol. The van der Waals surface area contributed by atoms with Crippen molar-refractivity contribution in [3.8, 4) is 0 Å². The number of amides is 1. The second kappa shape index (κ2) is 10.3. The smallest absolute Gasteiger partial charge is 0.269 e. The second-order valence-electron chi connectivity index (χ2n) is 8.99. The van der Waals surface area contributed by atoms with Crippen LogP contribution >= 0.6 is 11.3 Å². The number of hydrogen-bond donors (Lipinski definition) is 1. The number of hydrogen-bond acceptors (Lipinski definition) is 5. The van der Waals surface area contributed by atoms with Crippen molar-refractivity contribution in [1.29, 1.82) is 0 Å². The molecule has 3 atom stereocenters. The molecular weight excluding hydrogens is 410 g/mol. The van der Waals surface area contributed by atoms with Crippen LogP contribution in [-0.4, -0.2) is 30.0 Å². The van der Waals surface area contributed by atoms with Crippen molar-refractivity contribution in [3.63, 3.8) is 0 Å². The highest BCUT2D eigenvalue weighted by Gasteiger charge is 2.30. The molecule has 2 aliphatic rings. The number of nitrogens with zero attached hydrogens (tertiary/aromatic N) is 2. The molecule has 6 nitrogen and oxygen atoms in total. The van der Waals surface area contributed by atoms with Gasteiger partial charge in [-0.1, -0.05) is 12.8 Å². The Morgan fingerprint density at radius 3 is 2.68 bits per heavy atom. The molecule has 1 amide bonds. The number of carbonyl (C=O) groups excluding carboxylic acids is 1. The summed E-state index contributed by atoms with van der Waals surface area (Å²) in [7, 11) is 0. The maximum atomic E-state index is 12.6. The van der Waals surface area contributed by atoms with Gasteiger partial charge in [0.05, 0.1) is 11.3 Å². The quantitative estimate of drug-likeness (QED) is 0.474. The molecule has 0 radical (unpaired) electrons. The molecule has 2 heterocycles. The molecular formula is C24H31N3O3S. The van der Waals surface area contributed by atoms with E-state index in [-0.39, 0.29) is 22.6 Å². The minimum Gasteiger partial charge on any atom is -0.371 e. The fourth-order valence-corrected chi connectivity index (χ4v) is 5.89. The van der Waals surface area contributed by atoms with Crippen LogP contribution in [0.25, 0.3) is 0 Å². The van der Waals surface area contributed by atoms with E-state index in [0.717, 1.165) is 43.6 Å². The first kappa shape index (κ1) is 21.8. The highest BCUT2D eigenvalue weighted by Crippen LogP contribution is 2.34. The number of non-ortho nitro benzene ring substituents is 1. The molecule has 1 aromatic carbocycles. The Balaban J connectivity index is 1.33. The Hall–Kier alpha value is -2.41. The largest absolute Gasteiger partial charge is 0.371 e. The van der Waals surface area contributed by atoms with Crippen LogP contribution in [0.3, 0.4) is 0 Å². The number of nitro benzene ring substituents is 1. The van der Waals surface area contributed by atoms with Crippen molar-refractivity contribution in [2.75, 3.05) is 18.0 Å². The zero-order chi connectivity index (χ0) is 21.6. The molecule has 31 heavy (non-hydrogen) atoms. The number of thiophene rings is 1. The van der Waals surface area contributed by atoms with Crippen LogP contribution in [0.15, 0.2) is 41.1 Å². The zero-order valence-corrected chi connectivity index (χ0v) is 18.7. The standard InChI is InChI=1S/C24H31N3O3S/c28-24(15-19-11-13-31-17-19)25-23-6-2-1-5-20(23)14-18-4-3-12-26(16-18)21-7-9-22(10-8-21)27(29)30/h7-11,13,17-18,20,23H,1-6,12,14-16H2,(H,25,28)/t18-,20+,23-/m1/s1. The molecule has 1 N–H and O–H groups in total. The summed E-state index contributed by atoms with van der Waals surface area (Å²) in [5.74, 6) is 1.29. The summed E-state index contributed by atoms with van der Waals surface area (Å²) in [6.07, 6.45) is 8.70.